The van der Waals surface area contributed by atoms with Crippen molar-refractivity contribution in [1.82, 2.24) is 20.8 Å². The number of aromatic nitrogens is 2. The summed E-state index contributed by atoms with van der Waals surface area (Å²) in [6.45, 7) is 0.0644. The number of amides is 2. The molecule has 0 aliphatic heterocycles. The van der Waals surface area contributed by atoms with E-state index in [9.17, 15) is 9.59 Å². The van der Waals surface area contributed by atoms with Crippen LogP contribution in [0.5, 0.6) is 0 Å². The molecule has 0 aliphatic carbocycles. The third kappa shape index (κ3) is 4.19. The van der Waals surface area contributed by atoms with Crippen LogP contribution in [0.25, 0.3) is 10.2 Å². The van der Waals surface area contributed by atoms with Gasteiger partial charge >= 0.3 is 0 Å². The van der Waals surface area contributed by atoms with E-state index in [1.54, 1.807) is 12.3 Å². The predicted octanol–water partition coefficient (Wildman–Crippen LogP) is 2.36. The minimum Gasteiger partial charge on any atom is -0.364 e. The molecule has 0 aliphatic rings. The number of fused-ring (bicyclic) bond motifs is 1. The highest BCUT2D eigenvalue weighted by Crippen LogP contribution is 2.21. The van der Waals surface area contributed by atoms with Gasteiger partial charge in [0, 0.05) is 10.7 Å². The molecule has 0 radical (unpaired) electrons. The summed E-state index contributed by atoms with van der Waals surface area (Å²) in [5.41, 5.74) is 5.83. The number of rotatable bonds is 5. The van der Waals surface area contributed by atoms with Crippen LogP contribution in [-0.2, 0) is 16.1 Å². The van der Waals surface area contributed by atoms with Crippen LogP contribution >= 0.6 is 27.3 Å². The lowest BCUT2D eigenvalue weighted by Crippen LogP contribution is -2.43. The Morgan fingerprint density at radius 3 is 2.88 bits per heavy atom. The summed E-state index contributed by atoms with van der Waals surface area (Å²) in [7, 11) is 0. The number of carbonyl (C=O) groups excluding carboxylic acids is 2. The molecular formula is C15H13BrN4O3S. The zero-order valence-corrected chi connectivity index (χ0v) is 14.7. The van der Waals surface area contributed by atoms with Gasteiger partial charge in [-0.25, -0.2) is 4.98 Å². The van der Waals surface area contributed by atoms with Gasteiger partial charge in [-0.15, -0.1) is 11.3 Å². The Balaban J connectivity index is 1.41. The minimum atomic E-state index is -0.449. The number of H-pyrrole nitrogens is 1. The van der Waals surface area contributed by atoms with E-state index in [1.165, 1.54) is 11.3 Å². The topological polar surface area (TPSA) is 96.1 Å². The van der Waals surface area contributed by atoms with E-state index in [2.05, 4.69) is 36.7 Å². The lowest BCUT2D eigenvalue weighted by atomic mass is 10.3. The number of para-hydroxylation sites is 1. The Morgan fingerprint density at radius 2 is 2.12 bits per heavy atom. The number of benzene rings is 1. The second-order valence-corrected chi connectivity index (χ2v) is 6.83. The van der Waals surface area contributed by atoms with E-state index in [-0.39, 0.29) is 13.2 Å². The highest BCUT2D eigenvalue weighted by atomic mass is 79.9. The summed E-state index contributed by atoms with van der Waals surface area (Å²) in [6.07, 6.45) is 1.62. The fourth-order valence-electron chi connectivity index (χ4n) is 1.94. The van der Waals surface area contributed by atoms with Crippen LogP contribution < -0.4 is 10.9 Å². The SMILES string of the molecule is O=C(COCc1nc2ccccc2s1)NNC(=O)c1cc(Br)c[nH]1. The van der Waals surface area contributed by atoms with Crippen LogP contribution in [0.2, 0.25) is 0 Å². The van der Waals surface area contributed by atoms with E-state index in [1.807, 2.05) is 24.3 Å². The predicted molar refractivity (Wildman–Crippen MR) is 93.4 cm³/mol. The Kier molecular flexibility index (Phi) is 5.24. The molecular weight excluding hydrogens is 396 g/mol. The van der Waals surface area contributed by atoms with Gasteiger partial charge in [-0.05, 0) is 34.1 Å². The summed E-state index contributed by atoms with van der Waals surface area (Å²) in [4.78, 5) is 30.6. The Bertz CT molecular complexity index is 843. The van der Waals surface area contributed by atoms with Gasteiger partial charge in [-0.3, -0.25) is 20.4 Å². The van der Waals surface area contributed by atoms with Crippen molar-refractivity contribution < 1.29 is 14.3 Å². The maximum absolute atomic E-state index is 11.7. The standard InChI is InChI=1S/C15H13BrN4O3S/c16-9-5-11(17-6-9)15(22)20-19-13(21)7-23-8-14-18-10-3-1-2-4-12(10)24-14/h1-6,17H,7-8H2,(H,19,21)(H,20,22). The Labute approximate surface area is 149 Å². The molecule has 2 heterocycles. The molecule has 0 bridgehead atoms. The van der Waals surface area contributed by atoms with E-state index < -0.39 is 11.8 Å². The monoisotopic (exact) mass is 408 g/mol. The first kappa shape index (κ1) is 16.6. The van der Waals surface area contributed by atoms with Gasteiger partial charge in [0.15, 0.2) is 0 Å². The fraction of sp³-hybridized carbons (Fsp3) is 0.133. The molecule has 2 aromatic heterocycles. The second kappa shape index (κ2) is 7.56. The van der Waals surface area contributed by atoms with Gasteiger partial charge in [0.05, 0.1) is 16.8 Å². The number of nitrogens with zero attached hydrogens (tertiary/aromatic N) is 1. The number of ether oxygens (including phenoxy) is 1. The molecule has 24 heavy (non-hydrogen) atoms. The smallest absolute Gasteiger partial charge is 0.286 e. The van der Waals surface area contributed by atoms with E-state index in [4.69, 9.17) is 4.74 Å². The Hall–Kier alpha value is -2.23. The first-order valence-electron chi connectivity index (χ1n) is 6.97. The molecule has 3 aromatic rings. The third-order valence-corrected chi connectivity index (χ3v) is 4.47. The molecule has 7 nitrogen and oxygen atoms in total. The van der Waals surface area contributed by atoms with E-state index in [0.29, 0.717) is 5.69 Å². The highest BCUT2D eigenvalue weighted by Gasteiger charge is 2.10. The summed E-state index contributed by atoms with van der Waals surface area (Å²) < 4.78 is 7.14. The molecule has 0 spiro atoms. The average Bonchev–Trinajstić information content (AvgIpc) is 3.18. The van der Waals surface area contributed by atoms with Crippen molar-refractivity contribution in [3.63, 3.8) is 0 Å². The quantitative estimate of drug-likeness (QED) is 0.564. The number of hydrogen-bond donors (Lipinski definition) is 3. The van der Waals surface area contributed by atoms with Gasteiger partial charge in [0.2, 0.25) is 0 Å². The van der Waals surface area contributed by atoms with Gasteiger partial charge in [-0.1, -0.05) is 12.1 Å². The zero-order valence-electron chi connectivity index (χ0n) is 12.3. The van der Waals surface area contributed by atoms with Crippen molar-refractivity contribution in [2.75, 3.05) is 6.61 Å². The molecule has 0 saturated heterocycles. The molecule has 2 amide bonds. The molecule has 0 unspecified atom stereocenters. The summed E-state index contributed by atoms with van der Waals surface area (Å²) in [5.74, 6) is -0.893. The van der Waals surface area contributed by atoms with Crippen molar-refractivity contribution >= 4 is 49.3 Å². The number of halogens is 1. The number of aromatic amines is 1. The van der Waals surface area contributed by atoms with E-state index in [0.717, 1.165) is 19.7 Å². The largest absolute Gasteiger partial charge is 0.364 e. The number of nitrogens with one attached hydrogen (secondary N) is 3. The highest BCUT2D eigenvalue weighted by molar-refractivity contribution is 9.10. The number of thiazole rings is 1. The molecule has 0 fully saturated rings. The van der Waals surface area contributed by atoms with Crippen molar-refractivity contribution in [1.29, 1.82) is 0 Å². The molecule has 9 heteroatoms. The van der Waals surface area contributed by atoms with Crippen molar-refractivity contribution in [3.05, 3.63) is 51.7 Å². The minimum absolute atomic E-state index is 0.176. The van der Waals surface area contributed by atoms with Crippen LogP contribution in [0, 0.1) is 0 Å². The van der Waals surface area contributed by atoms with Gasteiger partial charge in [0.25, 0.3) is 11.8 Å². The maximum Gasteiger partial charge on any atom is 0.286 e. The summed E-state index contributed by atoms with van der Waals surface area (Å²) in [5, 5.41) is 0.796. The molecule has 0 saturated carbocycles. The molecule has 3 rings (SSSR count). The first-order valence-corrected chi connectivity index (χ1v) is 8.58. The fourth-order valence-corrected chi connectivity index (χ4v) is 3.19. The normalized spacial score (nSPS) is 10.7. The van der Waals surface area contributed by atoms with Crippen LogP contribution in [-0.4, -0.2) is 28.4 Å². The lowest BCUT2D eigenvalue weighted by Gasteiger charge is -2.06. The van der Waals surface area contributed by atoms with Crippen LogP contribution in [0.15, 0.2) is 41.0 Å². The van der Waals surface area contributed by atoms with E-state index >= 15 is 0 Å². The second-order valence-electron chi connectivity index (χ2n) is 4.80. The Morgan fingerprint density at radius 1 is 1.29 bits per heavy atom. The molecule has 1 aromatic carbocycles. The zero-order chi connectivity index (χ0) is 16.9. The maximum atomic E-state index is 11.7. The number of hydrogen-bond acceptors (Lipinski definition) is 5. The molecule has 3 N–H and O–H groups in total. The van der Waals surface area contributed by atoms with Gasteiger partial charge in [0.1, 0.15) is 17.3 Å². The van der Waals surface area contributed by atoms with Gasteiger partial charge in [-0.2, -0.15) is 0 Å². The summed E-state index contributed by atoms with van der Waals surface area (Å²) >= 11 is 4.75. The average molecular weight is 409 g/mol. The number of carbonyl (C=O) groups is 2. The molecule has 124 valence electrons. The lowest BCUT2D eigenvalue weighted by molar-refractivity contribution is -0.126. The van der Waals surface area contributed by atoms with Crippen molar-refractivity contribution in [3.8, 4) is 0 Å². The van der Waals surface area contributed by atoms with Crippen LogP contribution in [0.3, 0.4) is 0 Å². The number of hydrazine groups is 1. The van der Waals surface area contributed by atoms with Crippen LogP contribution in [0.1, 0.15) is 15.5 Å². The first-order chi connectivity index (χ1) is 11.6. The van der Waals surface area contributed by atoms with Crippen LogP contribution in [0.4, 0.5) is 0 Å². The molecule has 0 atom stereocenters. The van der Waals surface area contributed by atoms with Crippen molar-refractivity contribution in [2.24, 2.45) is 0 Å². The van der Waals surface area contributed by atoms with Gasteiger partial charge < -0.3 is 9.72 Å². The van der Waals surface area contributed by atoms with Crippen molar-refractivity contribution in [2.45, 2.75) is 6.61 Å². The summed E-state index contributed by atoms with van der Waals surface area (Å²) in [6, 6.07) is 9.38. The third-order valence-electron chi connectivity index (χ3n) is 3.00.